The third-order valence-corrected chi connectivity index (χ3v) is 3.82. The number of aliphatic hydroxyl groups excluding tert-OH is 1. The molecular formula is C20H19NO3. The van der Waals surface area contributed by atoms with Gasteiger partial charge in [0.05, 0.1) is 6.42 Å². The summed E-state index contributed by atoms with van der Waals surface area (Å²) >= 11 is 0. The minimum atomic E-state index is -0.132. The Morgan fingerprint density at radius 3 is 2.58 bits per heavy atom. The molecule has 0 fully saturated rings. The van der Waals surface area contributed by atoms with Crippen LogP contribution in [0.25, 0.3) is 11.3 Å². The van der Waals surface area contributed by atoms with Gasteiger partial charge in [-0.1, -0.05) is 42.5 Å². The van der Waals surface area contributed by atoms with E-state index < -0.39 is 0 Å². The van der Waals surface area contributed by atoms with Crippen LogP contribution in [0.1, 0.15) is 16.9 Å². The quantitative estimate of drug-likeness (QED) is 0.748. The fourth-order valence-electron chi connectivity index (χ4n) is 2.50. The normalized spacial score (nSPS) is 10.6. The van der Waals surface area contributed by atoms with Crippen molar-refractivity contribution in [3.05, 3.63) is 77.6 Å². The van der Waals surface area contributed by atoms with Gasteiger partial charge in [0, 0.05) is 11.3 Å². The third-order valence-electron chi connectivity index (χ3n) is 3.82. The number of furan rings is 1. The predicted molar refractivity (Wildman–Crippen MR) is 93.6 cm³/mol. The van der Waals surface area contributed by atoms with Crippen molar-refractivity contribution in [1.29, 1.82) is 0 Å². The van der Waals surface area contributed by atoms with Gasteiger partial charge in [-0.05, 0) is 36.2 Å². The first kappa shape index (κ1) is 16.0. The zero-order valence-corrected chi connectivity index (χ0v) is 13.5. The molecule has 0 bridgehead atoms. The second-order valence-electron chi connectivity index (χ2n) is 5.66. The van der Waals surface area contributed by atoms with E-state index in [1.807, 2.05) is 61.5 Å². The molecule has 1 aromatic heterocycles. The van der Waals surface area contributed by atoms with Crippen LogP contribution < -0.4 is 5.32 Å². The van der Waals surface area contributed by atoms with Crippen molar-refractivity contribution >= 4 is 11.6 Å². The second-order valence-corrected chi connectivity index (χ2v) is 5.66. The molecular weight excluding hydrogens is 302 g/mol. The molecule has 3 rings (SSSR count). The largest absolute Gasteiger partial charge is 0.459 e. The molecule has 0 spiro atoms. The molecule has 4 nitrogen and oxygen atoms in total. The molecule has 0 atom stereocenters. The molecule has 2 aromatic carbocycles. The zero-order chi connectivity index (χ0) is 16.9. The van der Waals surface area contributed by atoms with Gasteiger partial charge in [0.1, 0.15) is 18.1 Å². The van der Waals surface area contributed by atoms with Crippen LogP contribution in [0, 0.1) is 6.92 Å². The van der Waals surface area contributed by atoms with Crippen LogP contribution in [0.5, 0.6) is 0 Å². The fourth-order valence-corrected chi connectivity index (χ4v) is 2.50. The lowest BCUT2D eigenvalue weighted by molar-refractivity contribution is -0.115. The van der Waals surface area contributed by atoms with Gasteiger partial charge in [-0.25, -0.2) is 0 Å². The lowest BCUT2D eigenvalue weighted by Crippen LogP contribution is -2.15. The number of carbonyl (C=O) groups is 1. The van der Waals surface area contributed by atoms with Gasteiger partial charge in [0.25, 0.3) is 0 Å². The van der Waals surface area contributed by atoms with Crippen molar-refractivity contribution in [2.45, 2.75) is 20.0 Å². The maximum atomic E-state index is 12.3. The van der Waals surface area contributed by atoms with Gasteiger partial charge in [-0.15, -0.1) is 0 Å². The molecule has 0 radical (unpaired) electrons. The van der Waals surface area contributed by atoms with E-state index in [1.54, 1.807) is 6.07 Å². The molecule has 2 N–H and O–H groups in total. The Morgan fingerprint density at radius 1 is 1.08 bits per heavy atom. The van der Waals surface area contributed by atoms with E-state index in [9.17, 15) is 4.79 Å². The van der Waals surface area contributed by atoms with Crippen LogP contribution in [0.3, 0.4) is 0 Å². The zero-order valence-electron chi connectivity index (χ0n) is 13.5. The number of carbonyl (C=O) groups excluding carboxylic acids is 1. The lowest BCUT2D eigenvalue weighted by atomic mass is 10.1. The molecule has 0 aliphatic rings. The van der Waals surface area contributed by atoms with E-state index in [0.29, 0.717) is 17.9 Å². The number of nitrogens with one attached hydrogen (secondary N) is 1. The standard InChI is InChI=1S/C20H19NO3/c1-14-7-8-16(19-10-9-17(13-22)24-19)12-18(14)21-20(23)11-15-5-3-2-4-6-15/h2-10,12,22H,11,13H2,1H3,(H,21,23). The number of anilines is 1. The smallest absolute Gasteiger partial charge is 0.228 e. The van der Waals surface area contributed by atoms with E-state index in [4.69, 9.17) is 9.52 Å². The topological polar surface area (TPSA) is 62.5 Å². The summed E-state index contributed by atoms with van der Waals surface area (Å²) in [5.74, 6) is 1.12. The average molecular weight is 321 g/mol. The first-order valence-electron chi connectivity index (χ1n) is 7.80. The Hall–Kier alpha value is -2.85. The summed E-state index contributed by atoms with van der Waals surface area (Å²) in [4.78, 5) is 12.3. The Morgan fingerprint density at radius 2 is 1.88 bits per heavy atom. The molecule has 0 unspecified atom stereocenters. The third kappa shape index (κ3) is 3.73. The van der Waals surface area contributed by atoms with Crippen molar-refractivity contribution in [3.63, 3.8) is 0 Å². The number of amides is 1. The first-order valence-corrected chi connectivity index (χ1v) is 7.80. The second kappa shape index (κ2) is 7.15. The van der Waals surface area contributed by atoms with Crippen LogP contribution in [-0.2, 0) is 17.8 Å². The lowest BCUT2D eigenvalue weighted by Gasteiger charge is -2.10. The number of benzene rings is 2. The summed E-state index contributed by atoms with van der Waals surface area (Å²) in [5, 5.41) is 12.1. The highest BCUT2D eigenvalue weighted by Crippen LogP contribution is 2.27. The van der Waals surface area contributed by atoms with Gasteiger partial charge in [-0.2, -0.15) is 0 Å². The Labute approximate surface area is 140 Å². The highest BCUT2D eigenvalue weighted by atomic mass is 16.4. The van der Waals surface area contributed by atoms with E-state index in [1.165, 1.54) is 0 Å². The van der Waals surface area contributed by atoms with Gasteiger partial charge in [-0.3, -0.25) is 4.79 Å². The Bertz CT molecular complexity index is 837. The monoisotopic (exact) mass is 321 g/mol. The maximum Gasteiger partial charge on any atom is 0.228 e. The van der Waals surface area contributed by atoms with Crippen LogP contribution in [-0.4, -0.2) is 11.0 Å². The van der Waals surface area contributed by atoms with E-state index >= 15 is 0 Å². The van der Waals surface area contributed by atoms with Crippen molar-refractivity contribution in [2.75, 3.05) is 5.32 Å². The van der Waals surface area contributed by atoms with Crippen LogP contribution in [0.2, 0.25) is 0 Å². The molecule has 0 aliphatic carbocycles. The van der Waals surface area contributed by atoms with Crippen molar-refractivity contribution in [3.8, 4) is 11.3 Å². The van der Waals surface area contributed by atoms with Crippen molar-refractivity contribution < 1.29 is 14.3 Å². The molecule has 24 heavy (non-hydrogen) atoms. The van der Waals surface area contributed by atoms with Crippen molar-refractivity contribution in [1.82, 2.24) is 0 Å². The van der Waals surface area contributed by atoms with Gasteiger partial charge in [0.15, 0.2) is 0 Å². The van der Waals surface area contributed by atoms with Gasteiger partial charge in [0.2, 0.25) is 5.91 Å². The molecule has 1 amide bonds. The predicted octanol–water partition coefficient (Wildman–Crippen LogP) is 3.93. The van der Waals surface area contributed by atoms with Gasteiger partial charge >= 0.3 is 0 Å². The molecule has 122 valence electrons. The highest BCUT2D eigenvalue weighted by Gasteiger charge is 2.10. The molecule has 0 saturated carbocycles. The van der Waals surface area contributed by atoms with E-state index in [0.717, 1.165) is 22.4 Å². The van der Waals surface area contributed by atoms with Crippen LogP contribution >= 0.6 is 0 Å². The summed E-state index contributed by atoms with van der Waals surface area (Å²) in [7, 11) is 0. The number of hydrogen-bond donors (Lipinski definition) is 2. The summed E-state index contributed by atoms with van der Waals surface area (Å²) in [6, 6.07) is 18.9. The first-order chi connectivity index (χ1) is 11.7. The Balaban J connectivity index is 1.77. The fraction of sp³-hybridized carbons (Fsp3) is 0.150. The Kier molecular flexibility index (Phi) is 4.77. The van der Waals surface area contributed by atoms with Crippen LogP contribution in [0.15, 0.2) is 65.1 Å². The van der Waals surface area contributed by atoms with Crippen LogP contribution in [0.4, 0.5) is 5.69 Å². The molecule has 4 heteroatoms. The van der Waals surface area contributed by atoms with E-state index in [-0.39, 0.29) is 12.5 Å². The maximum absolute atomic E-state index is 12.3. The minimum Gasteiger partial charge on any atom is -0.459 e. The number of aryl methyl sites for hydroxylation is 1. The molecule has 1 heterocycles. The number of aliphatic hydroxyl groups is 1. The van der Waals surface area contributed by atoms with E-state index in [2.05, 4.69) is 5.32 Å². The summed E-state index contributed by atoms with van der Waals surface area (Å²) < 4.78 is 5.55. The van der Waals surface area contributed by atoms with Gasteiger partial charge < -0.3 is 14.8 Å². The molecule has 0 saturated heterocycles. The number of hydrogen-bond acceptors (Lipinski definition) is 3. The molecule has 0 aliphatic heterocycles. The summed E-state index contributed by atoms with van der Waals surface area (Å²) in [6.45, 7) is 1.82. The highest BCUT2D eigenvalue weighted by molar-refractivity contribution is 5.93. The molecule has 3 aromatic rings. The average Bonchev–Trinajstić information content (AvgIpc) is 3.07. The van der Waals surface area contributed by atoms with Crippen molar-refractivity contribution in [2.24, 2.45) is 0 Å². The summed E-state index contributed by atoms with van der Waals surface area (Å²) in [5.41, 5.74) is 3.57. The number of rotatable bonds is 5. The summed E-state index contributed by atoms with van der Waals surface area (Å²) in [6.07, 6.45) is 0.333. The minimum absolute atomic E-state index is 0.0584. The SMILES string of the molecule is Cc1ccc(-c2ccc(CO)o2)cc1NC(=O)Cc1ccccc1.